The SMILES string of the molecule is CC(NCc1ccncc1)C(=O)N[C@H](C(=O)N1CCC[C@H]1C(=O)Nc1snnc1-c1ccccc1)C1CCCCC1.CN[C@@H](C)C(=O)N[C@H](C(=O)N1CCC[C@H]1C(=O)Nc1snnc1-c1ccccc1)C1CCN(C(=O)CCCCC2SCC3NC(=O)NC32)CC1. The molecule has 3 aromatic heterocycles. The molecule has 9 atom stereocenters. The van der Waals surface area contributed by atoms with Crippen LogP contribution in [0.1, 0.15) is 116 Å². The zero-order valence-electron chi connectivity index (χ0n) is 51.9. The fourth-order valence-corrected chi connectivity index (χ4v) is 15.9. The highest BCUT2D eigenvalue weighted by molar-refractivity contribution is 8.00. The molecule has 1 saturated carbocycles. The number of likely N-dealkylation sites (tertiary alicyclic amines) is 3. The molecule has 9 amide bonds. The van der Waals surface area contributed by atoms with Crippen LogP contribution in [-0.2, 0) is 40.1 Å². The molecular weight excluding hydrogens is 1220 g/mol. The second-order valence-corrected chi connectivity index (χ2v) is 27.2. The average Bonchev–Trinajstić information content (AvgIpc) is 2.47. The Bertz CT molecular complexity index is 3280. The van der Waals surface area contributed by atoms with Crippen LogP contribution in [0.5, 0.6) is 0 Å². The summed E-state index contributed by atoms with van der Waals surface area (Å²) in [6.45, 7) is 5.98. The minimum absolute atomic E-state index is 0.0484. The van der Waals surface area contributed by atoms with E-state index in [0.29, 0.717) is 97.9 Å². The van der Waals surface area contributed by atoms with E-state index < -0.39 is 36.3 Å². The van der Waals surface area contributed by atoms with Crippen LogP contribution in [-0.4, -0.2) is 179 Å². The van der Waals surface area contributed by atoms with Gasteiger partial charge in [0.1, 0.15) is 45.6 Å². The lowest BCUT2D eigenvalue weighted by Crippen LogP contribution is -2.58. The molecular formula is C64H84N16O8S3. The van der Waals surface area contributed by atoms with Crippen LogP contribution >= 0.6 is 34.8 Å². The van der Waals surface area contributed by atoms with E-state index in [-0.39, 0.29) is 71.3 Å². The number of carbonyl (C=O) groups excluding carboxylic acids is 8. The maximum Gasteiger partial charge on any atom is 0.315 e. The van der Waals surface area contributed by atoms with Gasteiger partial charge < -0.3 is 57.2 Å². The van der Waals surface area contributed by atoms with Crippen molar-refractivity contribution >= 4 is 92.2 Å². The Hall–Kier alpha value is -7.46. The van der Waals surface area contributed by atoms with Gasteiger partial charge in [0, 0.05) is 96.7 Å². The zero-order chi connectivity index (χ0) is 63.8. The van der Waals surface area contributed by atoms with Gasteiger partial charge in [0.15, 0.2) is 0 Å². The second-order valence-electron chi connectivity index (χ2n) is 24.4. The van der Waals surface area contributed by atoms with Crippen LogP contribution in [0.15, 0.2) is 85.2 Å². The van der Waals surface area contributed by atoms with Crippen LogP contribution in [0.3, 0.4) is 0 Å². The van der Waals surface area contributed by atoms with Gasteiger partial charge in [-0.25, -0.2) is 4.79 Å². The summed E-state index contributed by atoms with van der Waals surface area (Å²) in [7, 11) is 1.69. The molecule has 8 N–H and O–H groups in total. The molecule has 4 unspecified atom stereocenters. The monoisotopic (exact) mass is 1300 g/mol. The number of benzene rings is 2. The molecule has 1 aliphatic carbocycles. The predicted molar refractivity (Wildman–Crippen MR) is 350 cm³/mol. The van der Waals surface area contributed by atoms with Crippen LogP contribution in [0.4, 0.5) is 14.8 Å². The van der Waals surface area contributed by atoms with E-state index in [1.807, 2.05) is 89.5 Å². The summed E-state index contributed by atoms with van der Waals surface area (Å²) in [5.74, 6) is -0.593. The number of piperidine rings is 1. The first kappa shape index (κ1) is 66.5. The van der Waals surface area contributed by atoms with Crippen molar-refractivity contribution < 1.29 is 38.4 Å². The summed E-state index contributed by atoms with van der Waals surface area (Å²) < 4.78 is 8.09. The van der Waals surface area contributed by atoms with Crippen molar-refractivity contribution in [1.29, 1.82) is 0 Å². The summed E-state index contributed by atoms with van der Waals surface area (Å²) in [5, 5.41) is 34.1. The highest BCUT2D eigenvalue weighted by Crippen LogP contribution is 2.36. The van der Waals surface area contributed by atoms with Gasteiger partial charge in [-0.1, -0.05) is 95.3 Å². The topological polar surface area (TPSA) is 307 Å². The summed E-state index contributed by atoms with van der Waals surface area (Å²) >= 11 is 4.10. The quantitative estimate of drug-likeness (QED) is 0.0276. The minimum atomic E-state index is -0.813. The molecule has 0 spiro atoms. The van der Waals surface area contributed by atoms with E-state index in [2.05, 4.69) is 66.7 Å². The second kappa shape index (κ2) is 32.2. The third-order valence-electron chi connectivity index (χ3n) is 18.5. The summed E-state index contributed by atoms with van der Waals surface area (Å²) in [6, 6.07) is 19.4. The van der Waals surface area contributed by atoms with Crippen molar-refractivity contribution in [2.45, 2.75) is 170 Å². The van der Waals surface area contributed by atoms with E-state index >= 15 is 0 Å². The van der Waals surface area contributed by atoms with Gasteiger partial charge in [0.05, 0.1) is 24.2 Å². The van der Waals surface area contributed by atoms with Crippen molar-refractivity contribution in [3.05, 3.63) is 90.8 Å². The number of nitrogens with zero attached hydrogens (tertiary/aromatic N) is 8. The molecule has 5 saturated heterocycles. The van der Waals surface area contributed by atoms with E-state index in [9.17, 15) is 38.4 Å². The van der Waals surface area contributed by atoms with Crippen LogP contribution in [0, 0.1) is 11.8 Å². The average molecular weight is 1300 g/mol. The summed E-state index contributed by atoms with van der Waals surface area (Å²) in [6.07, 6.45) is 15.2. The number of hydrogen-bond acceptors (Lipinski definition) is 18. The van der Waals surface area contributed by atoms with E-state index in [1.165, 1.54) is 0 Å². The number of nitrogens with one attached hydrogen (secondary N) is 8. The van der Waals surface area contributed by atoms with E-state index in [1.54, 1.807) is 43.1 Å². The number of rotatable bonds is 23. The summed E-state index contributed by atoms with van der Waals surface area (Å²) in [5.41, 5.74) is 3.91. The van der Waals surface area contributed by atoms with Gasteiger partial charge in [-0.2, -0.15) is 11.8 Å². The normalized spacial score (nSPS) is 22.1. The lowest BCUT2D eigenvalue weighted by molar-refractivity contribution is -0.143. The van der Waals surface area contributed by atoms with Crippen molar-refractivity contribution in [3.63, 3.8) is 0 Å². The molecule has 6 aliphatic rings. The molecule has 2 aromatic carbocycles. The van der Waals surface area contributed by atoms with Crippen molar-refractivity contribution in [2.75, 3.05) is 49.6 Å². The largest absolute Gasteiger partial charge is 0.343 e. The first-order chi connectivity index (χ1) is 44.2. The maximum atomic E-state index is 14.3. The molecule has 5 aliphatic heterocycles. The first-order valence-electron chi connectivity index (χ1n) is 32.1. The van der Waals surface area contributed by atoms with Crippen LogP contribution in [0.2, 0.25) is 0 Å². The summed E-state index contributed by atoms with van der Waals surface area (Å²) in [4.78, 5) is 116. The van der Waals surface area contributed by atoms with Crippen molar-refractivity contribution in [2.24, 2.45) is 11.8 Å². The fourth-order valence-electron chi connectivity index (χ4n) is 13.2. The Kier molecular flexibility index (Phi) is 23.5. The van der Waals surface area contributed by atoms with Gasteiger partial charge >= 0.3 is 6.03 Å². The molecule has 5 aromatic rings. The molecule has 6 fully saturated rings. The minimum Gasteiger partial charge on any atom is -0.343 e. The Labute approximate surface area is 543 Å². The number of pyridine rings is 1. The highest BCUT2D eigenvalue weighted by atomic mass is 32.2. The molecule has 24 nitrogen and oxygen atoms in total. The maximum absolute atomic E-state index is 14.3. The first-order valence-corrected chi connectivity index (χ1v) is 34.7. The Morgan fingerprint density at radius 2 is 1.16 bits per heavy atom. The van der Waals surface area contributed by atoms with Crippen molar-refractivity contribution in [3.8, 4) is 22.5 Å². The Balaban J connectivity index is 0.000000204. The standard InChI is InChI=1S/C34H47N9O5S2.C30H37N7O3S/c1-20(35-2)30(45)37-28(22-14-17-42(18-15-22)26(44)13-7-6-12-25-29-23(19-49-25)36-34(48)38-29)33(47)43-16-8-11-24(43)31(46)39-32-27(40-41-50-32)21-9-4-3-5-10-21;1-20(32-19-21-14-16-31-17-15-21)27(38)33-26(23-11-6-3-7-12-23)30(40)37-18-8-13-24(37)28(39)34-29-25(35-36-41-29)22-9-4-2-5-10-22/h3-5,9-10,20,22-25,28-29,35H,6-8,11-19H2,1-2H3,(H,37,45)(H,39,46)(H2,36,38,48);2,4-5,9-10,14-17,20,23-24,26,32H,3,6-8,11-13,18-19H2,1H3,(H,33,38)(H,34,39)/t20-,23?,24-,25?,28-,29?;20?,24-,26-/m00/s1. The lowest BCUT2D eigenvalue weighted by Gasteiger charge is -2.38. The van der Waals surface area contributed by atoms with Gasteiger partial charge in [0.2, 0.25) is 41.4 Å². The predicted octanol–water partition coefficient (Wildman–Crippen LogP) is 5.96. The highest BCUT2D eigenvalue weighted by Gasteiger charge is 2.45. The molecule has 486 valence electrons. The third-order valence-corrected chi connectivity index (χ3v) is 21.3. The number of amides is 9. The number of urea groups is 1. The Morgan fingerprint density at radius 1 is 0.626 bits per heavy atom. The number of likely N-dealkylation sites (N-methyl/N-ethyl adjacent to an activating group) is 1. The van der Waals surface area contributed by atoms with Gasteiger partial charge in [0.25, 0.3) is 0 Å². The fraction of sp³-hybridized carbons (Fsp3) is 0.547. The number of unbranched alkanes of at least 4 members (excludes halogenated alkanes) is 1. The van der Waals surface area contributed by atoms with Crippen molar-refractivity contribution in [1.82, 2.24) is 70.8 Å². The van der Waals surface area contributed by atoms with Gasteiger partial charge in [-0.3, -0.25) is 38.5 Å². The van der Waals surface area contributed by atoms with Crippen LogP contribution < -0.4 is 42.5 Å². The number of thioether (sulfide) groups is 1. The van der Waals surface area contributed by atoms with Gasteiger partial charge in [-0.15, -0.1) is 10.2 Å². The number of aromatic nitrogens is 5. The van der Waals surface area contributed by atoms with E-state index in [4.69, 9.17) is 0 Å². The molecule has 0 radical (unpaired) electrons. The number of fused-ring (bicyclic) bond motifs is 1. The lowest BCUT2D eigenvalue weighted by atomic mass is 9.83. The molecule has 0 bridgehead atoms. The molecule has 91 heavy (non-hydrogen) atoms. The van der Waals surface area contributed by atoms with Crippen LogP contribution in [0.25, 0.3) is 22.5 Å². The molecule has 8 heterocycles. The van der Waals surface area contributed by atoms with E-state index in [0.717, 1.165) is 103 Å². The smallest absolute Gasteiger partial charge is 0.315 e. The zero-order valence-corrected chi connectivity index (χ0v) is 54.3. The number of carbonyl (C=O) groups is 8. The third kappa shape index (κ3) is 17.0. The Morgan fingerprint density at radius 3 is 1.71 bits per heavy atom. The molecule has 27 heteroatoms. The number of anilines is 2. The van der Waals surface area contributed by atoms with Gasteiger partial charge in [-0.05, 0) is 115 Å². The molecule has 11 rings (SSSR count). The number of hydrogen-bond donors (Lipinski definition) is 8.